The average molecular weight is 417 g/mol. The maximum absolute atomic E-state index is 11.0. The van der Waals surface area contributed by atoms with E-state index in [0.717, 1.165) is 29.6 Å². The minimum atomic E-state index is -1.35. The Balaban J connectivity index is 4.30. The zero-order valence-electron chi connectivity index (χ0n) is 8.14. The number of allylic oxidation sites excluding steroid dienone is 1. The summed E-state index contributed by atoms with van der Waals surface area (Å²) >= 11 is 1.37. The Morgan fingerprint density at radius 2 is 2.43 bits per heavy atom. The van der Waals surface area contributed by atoms with Crippen LogP contribution >= 0.6 is 11.8 Å². The summed E-state index contributed by atoms with van der Waals surface area (Å²) in [6.07, 6.45) is 4.53. The Bertz CT molecular complexity index is 235. The van der Waals surface area contributed by atoms with Crippen molar-refractivity contribution in [1.82, 2.24) is 0 Å². The molecule has 74 valence electrons. The van der Waals surface area contributed by atoms with Gasteiger partial charge in [0.25, 0.3) is 0 Å². The number of carboxylic acids is 1. The Kier molecular flexibility index (Phi) is 8.97. The third-order valence-corrected chi connectivity index (χ3v) is 7.39. The van der Waals surface area contributed by atoms with Crippen molar-refractivity contribution >= 4 is 68.3 Å². The van der Waals surface area contributed by atoms with Crippen LogP contribution < -0.4 is 5.73 Å². The van der Waals surface area contributed by atoms with Crippen molar-refractivity contribution in [3.63, 3.8) is 0 Å². The topological polar surface area (TPSA) is 63.3 Å². The molecular weight excluding hydrogens is 404 g/mol. The van der Waals surface area contributed by atoms with E-state index in [-0.39, 0.29) is 0 Å². The van der Waals surface area contributed by atoms with E-state index in [1.54, 1.807) is 11.8 Å². The fourth-order valence-corrected chi connectivity index (χ4v) is 7.38. The molecule has 0 rings (SSSR count). The predicted octanol–water partition coefficient (Wildman–Crippen LogP) is -0.332. The second-order valence-electron chi connectivity index (χ2n) is 2.83. The molecule has 0 saturated carbocycles. The molecule has 3 nitrogen and oxygen atoms in total. The van der Waals surface area contributed by atoms with E-state index in [2.05, 4.69) is 0 Å². The van der Waals surface area contributed by atoms with Crippen molar-refractivity contribution < 1.29 is 9.90 Å². The minimum absolute atomic E-state index is 0.593. The number of hydrogen-bond donors (Lipinski definition) is 2. The van der Waals surface area contributed by atoms with Crippen LogP contribution in [0, 0.1) is 0 Å². The fraction of sp³-hybridized carbons (Fsp3) is 0.500. The molecule has 0 fully saturated rings. The Labute approximate surface area is 114 Å². The van der Waals surface area contributed by atoms with Gasteiger partial charge in [0.2, 0.25) is 0 Å². The first-order valence-corrected chi connectivity index (χ1v) is 11.0. The number of hydrogen-bond acceptors (Lipinski definition) is 3. The molecule has 2 radical (unpaired) electrons. The van der Waals surface area contributed by atoms with Gasteiger partial charge in [-0.2, -0.15) is 0 Å². The van der Waals surface area contributed by atoms with Crippen LogP contribution in [0.5, 0.6) is 0 Å². The standard InChI is InChI=1S/C5H10NO2S.C3H3.2In/c1-9-3-2-4(6)5(7)8;1-3-2;;/h2-3,6H2,1H3,(H,7,8);1-3H;;. The van der Waals surface area contributed by atoms with Crippen LogP contribution in [0.25, 0.3) is 0 Å². The van der Waals surface area contributed by atoms with E-state index in [4.69, 9.17) is 10.8 Å². The predicted molar refractivity (Wildman–Crippen MR) is 64.3 cm³/mol. The van der Waals surface area contributed by atoms with Gasteiger partial charge in [0, 0.05) is 0 Å². The van der Waals surface area contributed by atoms with Crippen molar-refractivity contribution in [3.8, 4) is 0 Å². The second kappa shape index (κ2) is 8.30. The first kappa shape index (κ1) is 15.1. The molecule has 3 N–H and O–H groups in total. The molecule has 6 heteroatoms. The summed E-state index contributed by atoms with van der Waals surface area (Å²) < 4.78 is 3.15. The van der Waals surface area contributed by atoms with Gasteiger partial charge in [-0.1, -0.05) is 0 Å². The third kappa shape index (κ3) is 5.88. The Morgan fingerprint density at radius 1 is 1.79 bits per heavy atom. The van der Waals surface area contributed by atoms with E-state index >= 15 is 0 Å². The van der Waals surface area contributed by atoms with Crippen LogP contribution in [-0.4, -0.2) is 76.9 Å². The average Bonchev–Trinajstić information content (AvgIpc) is 2.15. The zero-order chi connectivity index (χ0) is 11.0. The molecule has 0 aromatic carbocycles. The first-order chi connectivity index (χ1) is 6.56. The molecule has 1 atom stereocenters. The molecule has 1 unspecified atom stereocenters. The van der Waals surface area contributed by atoms with E-state index in [1.807, 2.05) is 19.9 Å². The van der Waals surface area contributed by atoms with Gasteiger partial charge in [0.1, 0.15) is 0 Å². The van der Waals surface area contributed by atoms with Crippen LogP contribution in [0.2, 0.25) is 0 Å². The van der Waals surface area contributed by atoms with Gasteiger partial charge >= 0.3 is 116 Å². The molecule has 0 heterocycles. The second-order valence-corrected chi connectivity index (χ2v) is 9.91. The van der Waals surface area contributed by atoms with Crippen molar-refractivity contribution in [2.45, 2.75) is 9.72 Å². The molecule has 0 aliphatic carbocycles. The van der Waals surface area contributed by atoms with Gasteiger partial charge in [-0.05, 0) is 0 Å². The van der Waals surface area contributed by atoms with Crippen LogP contribution in [0.1, 0.15) is 6.42 Å². The van der Waals surface area contributed by atoms with Gasteiger partial charge in [-0.3, -0.25) is 0 Å². The molecule has 0 spiro atoms. The monoisotopic (exact) mass is 417 g/mol. The number of aliphatic carboxylic acids is 1. The van der Waals surface area contributed by atoms with Gasteiger partial charge < -0.3 is 0 Å². The van der Waals surface area contributed by atoms with E-state index in [1.165, 1.54) is 0 Å². The molecule has 0 aromatic heterocycles. The quantitative estimate of drug-likeness (QED) is 0.596. The number of nitrogens with two attached hydrogens (primary N) is 1. The van der Waals surface area contributed by atoms with Crippen LogP contribution in [0.4, 0.5) is 0 Å². The summed E-state index contributed by atoms with van der Waals surface area (Å²) in [5.74, 6) is -0.00280. The summed E-state index contributed by atoms with van der Waals surface area (Å²) in [7, 11) is 0. The van der Waals surface area contributed by atoms with Crippen molar-refractivity contribution in [1.29, 1.82) is 0 Å². The summed E-state index contributed by atoms with van der Waals surface area (Å²) in [5.41, 5.74) is 5.88. The van der Waals surface area contributed by atoms with Crippen LogP contribution in [0.3, 0.4) is 0 Å². The van der Waals surface area contributed by atoms with Gasteiger partial charge in [-0.25, -0.2) is 0 Å². The van der Waals surface area contributed by atoms with E-state index in [9.17, 15) is 4.79 Å². The Morgan fingerprint density at radius 3 is 2.86 bits per heavy atom. The van der Waals surface area contributed by atoms with Crippen molar-refractivity contribution in [2.24, 2.45) is 5.73 Å². The molecule has 0 aliphatic heterocycles. The first-order valence-electron chi connectivity index (χ1n) is 4.14. The molecule has 0 aliphatic rings. The SMILES string of the molecule is CSCC[C](N)([In]/[CH]=C\[CH]=[In])C(=O)O. The van der Waals surface area contributed by atoms with Crippen molar-refractivity contribution in [3.05, 3.63) is 9.91 Å². The fourth-order valence-electron chi connectivity index (χ4n) is 0.824. The summed E-state index contributed by atoms with van der Waals surface area (Å²) in [6, 6.07) is 0. The summed E-state index contributed by atoms with van der Waals surface area (Å²) in [4.78, 5) is 11.0. The molecule has 0 aromatic rings. The molecule has 0 bridgehead atoms. The van der Waals surface area contributed by atoms with Crippen molar-refractivity contribution in [2.75, 3.05) is 12.0 Å². The number of carboxylic acid groups (broad SMARTS) is 1. The Hall–Kier alpha value is 1.13. The molecule has 0 amide bonds. The molecular formula is C8H13In2NO2S. The van der Waals surface area contributed by atoms with Gasteiger partial charge in [0.05, 0.1) is 0 Å². The summed E-state index contributed by atoms with van der Waals surface area (Å²) in [5, 5.41) is 9.04. The van der Waals surface area contributed by atoms with Crippen LogP contribution in [0.15, 0.2) is 9.91 Å². The third-order valence-electron chi connectivity index (χ3n) is 1.73. The maximum atomic E-state index is 11.0. The number of carbonyl (C=O) groups is 1. The normalized spacial score (nSPS) is 14.9. The van der Waals surface area contributed by atoms with Gasteiger partial charge in [0.15, 0.2) is 0 Å². The zero-order valence-corrected chi connectivity index (χ0v) is 15.5. The van der Waals surface area contributed by atoms with E-state index < -0.39 is 32.2 Å². The van der Waals surface area contributed by atoms with E-state index in [0.29, 0.717) is 6.42 Å². The molecule has 14 heavy (non-hydrogen) atoms. The molecule has 0 saturated heterocycles. The van der Waals surface area contributed by atoms with Crippen LogP contribution in [-0.2, 0) is 4.79 Å². The summed E-state index contributed by atoms with van der Waals surface area (Å²) in [6.45, 7) is 0. The van der Waals surface area contributed by atoms with Gasteiger partial charge in [-0.15, -0.1) is 0 Å². The number of thioether (sulfide) groups is 1. The number of rotatable bonds is 7.